The Morgan fingerprint density at radius 1 is 1.12 bits per heavy atom. The molecule has 40 heavy (non-hydrogen) atoms. The molecule has 0 bridgehead atoms. The third kappa shape index (κ3) is 7.54. The molecule has 0 fully saturated rings. The van der Waals surface area contributed by atoms with E-state index in [1.807, 2.05) is 39.1 Å². The molecule has 0 radical (unpaired) electrons. The zero-order chi connectivity index (χ0) is 28.9. The van der Waals surface area contributed by atoms with Crippen LogP contribution in [0.3, 0.4) is 0 Å². The van der Waals surface area contributed by atoms with Crippen LogP contribution in [0, 0.1) is 5.92 Å². The van der Waals surface area contributed by atoms with Gasteiger partial charge in [-0.05, 0) is 62.0 Å². The van der Waals surface area contributed by atoms with Gasteiger partial charge in [0, 0.05) is 41.8 Å². The van der Waals surface area contributed by atoms with E-state index in [9.17, 15) is 18.3 Å². The highest BCUT2D eigenvalue weighted by Crippen LogP contribution is 2.30. The number of aliphatic hydroxyl groups is 1. The number of anilines is 1. The molecule has 1 heterocycles. The van der Waals surface area contributed by atoms with Crippen LogP contribution >= 0.6 is 11.6 Å². The normalized spacial score (nSPS) is 18.8. The van der Waals surface area contributed by atoms with E-state index >= 15 is 0 Å². The molecule has 0 spiro atoms. The molecule has 0 aliphatic carbocycles. The number of amides is 1. The fourth-order valence-corrected chi connectivity index (χ4v) is 5.98. The Morgan fingerprint density at radius 2 is 1.82 bits per heavy atom. The first-order valence-electron chi connectivity index (χ1n) is 13.3. The molecular formula is C30H36ClN3O5S. The summed E-state index contributed by atoms with van der Waals surface area (Å²) in [7, 11) is -1.84. The number of carbonyl (C=O) groups excluding carboxylic acids is 1. The van der Waals surface area contributed by atoms with Crippen molar-refractivity contribution in [1.82, 2.24) is 9.80 Å². The molecule has 2 N–H and O–H groups in total. The second-order valence-corrected chi connectivity index (χ2v) is 12.6. The number of carbonyl (C=O) groups is 1. The number of rotatable bonds is 9. The lowest BCUT2D eigenvalue weighted by molar-refractivity contribution is -0.134. The molecule has 1 aliphatic heterocycles. The van der Waals surface area contributed by atoms with Crippen LogP contribution in [-0.2, 0) is 27.8 Å². The maximum Gasteiger partial charge on any atom is 0.261 e. The quantitative estimate of drug-likeness (QED) is 0.386. The van der Waals surface area contributed by atoms with Crippen LogP contribution in [0.4, 0.5) is 5.69 Å². The Hall–Kier alpha value is -3.11. The Kier molecular flexibility index (Phi) is 9.73. The summed E-state index contributed by atoms with van der Waals surface area (Å²) in [5.74, 6) is 0.339. The maximum absolute atomic E-state index is 13.4. The second kappa shape index (κ2) is 13.0. The van der Waals surface area contributed by atoms with Crippen LogP contribution in [0.2, 0.25) is 5.02 Å². The van der Waals surface area contributed by atoms with E-state index in [2.05, 4.69) is 21.8 Å². The topological polar surface area (TPSA) is 99.2 Å². The summed E-state index contributed by atoms with van der Waals surface area (Å²) in [6, 6.07) is 20.7. The molecular weight excluding hydrogens is 550 g/mol. The van der Waals surface area contributed by atoms with Crippen molar-refractivity contribution in [2.24, 2.45) is 5.92 Å². The predicted octanol–water partition coefficient (Wildman–Crippen LogP) is 4.42. The summed E-state index contributed by atoms with van der Waals surface area (Å²) < 4.78 is 35.1. The zero-order valence-corrected chi connectivity index (χ0v) is 24.5. The molecule has 1 aliphatic rings. The minimum Gasteiger partial charge on any atom is -0.488 e. The lowest BCUT2D eigenvalue weighted by atomic mass is 10.0. The van der Waals surface area contributed by atoms with Gasteiger partial charge in [-0.3, -0.25) is 14.4 Å². The summed E-state index contributed by atoms with van der Waals surface area (Å²) in [5, 5.41) is 10.3. The summed E-state index contributed by atoms with van der Waals surface area (Å²) in [5.41, 5.74) is 2.07. The third-order valence-corrected chi connectivity index (χ3v) is 8.73. The SMILES string of the molecule is C[C@@H]1CN([C@H](C)CO)C(=O)Cc2cc(NS(=O)(=O)c3ccc(Cl)cc3)ccc2O[C@@H]1CN(C)Cc1ccccc1. The minimum atomic E-state index is -3.87. The van der Waals surface area contributed by atoms with Crippen molar-refractivity contribution in [2.75, 3.05) is 31.5 Å². The lowest BCUT2D eigenvalue weighted by Crippen LogP contribution is -2.47. The Balaban J connectivity index is 1.63. The van der Waals surface area contributed by atoms with Gasteiger partial charge in [0.2, 0.25) is 5.91 Å². The number of hydrogen-bond acceptors (Lipinski definition) is 6. The lowest BCUT2D eigenvalue weighted by Gasteiger charge is -2.34. The van der Waals surface area contributed by atoms with Crippen molar-refractivity contribution >= 4 is 33.2 Å². The number of nitrogens with one attached hydrogen (secondary N) is 1. The van der Waals surface area contributed by atoms with E-state index in [1.54, 1.807) is 23.1 Å². The van der Waals surface area contributed by atoms with Crippen LogP contribution < -0.4 is 9.46 Å². The van der Waals surface area contributed by atoms with Crippen LogP contribution in [0.1, 0.15) is 25.0 Å². The van der Waals surface area contributed by atoms with Crippen molar-refractivity contribution in [1.29, 1.82) is 0 Å². The molecule has 3 aromatic rings. The maximum atomic E-state index is 13.4. The molecule has 0 saturated carbocycles. The van der Waals surface area contributed by atoms with E-state index in [-0.39, 0.29) is 41.9 Å². The Bertz CT molecular complexity index is 1400. The number of halogens is 1. The first kappa shape index (κ1) is 29.9. The van der Waals surface area contributed by atoms with Gasteiger partial charge in [0.1, 0.15) is 11.9 Å². The van der Waals surface area contributed by atoms with Crippen LogP contribution in [-0.4, -0.2) is 68.1 Å². The van der Waals surface area contributed by atoms with E-state index in [0.717, 1.165) is 6.54 Å². The standard InChI is InChI=1S/C30H36ClN3O5S/c1-21-17-34(22(2)20-35)30(36)16-24-15-26(32-40(37,38)27-12-9-25(31)10-13-27)11-14-28(24)39-29(21)19-33(3)18-23-7-5-4-6-8-23/h4-15,21-22,29,32,35H,16-20H2,1-3H3/t21-,22-,29-/m1/s1. The number of ether oxygens (including phenoxy) is 1. The predicted molar refractivity (Wildman–Crippen MR) is 157 cm³/mol. The molecule has 3 atom stereocenters. The van der Waals surface area contributed by atoms with Crippen molar-refractivity contribution in [2.45, 2.75) is 43.9 Å². The number of fused-ring (bicyclic) bond motifs is 1. The molecule has 4 rings (SSSR count). The number of hydrogen-bond donors (Lipinski definition) is 2. The van der Waals surface area contributed by atoms with Crippen molar-refractivity contribution in [3.05, 3.63) is 88.9 Å². The Morgan fingerprint density at radius 3 is 2.50 bits per heavy atom. The van der Waals surface area contributed by atoms with Gasteiger partial charge in [-0.1, -0.05) is 48.9 Å². The monoisotopic (exact) mass is 585 g/mol. The van der Waals surface area contributed by atoms with Gasteiger partial charge in [0.05, 0.1) is 24.0 Å². The van der Waals surface area contributed by atoms with Crippen LogP contribution in [0.15, 0.2) is 77.7 Å². The van der Waals surface area contributed by atoms with Gasteiger partial charge in [-0.15, -0.1) is 0 Å². The molecule has 0 saturated heterocycles. The smallest absolute Gasteiger partial charge is 0.261 e. The number of likely N-dealkylation sites (N-methyl/N-ethyl adjacent to an activating group) is 1. The molecule has 0 aromatic heterocycles. The fraction of sp³-hybridized carbons (Fsp3) is 0.367. The fourth-order valence-electron chi connectivity index (χ4n) is 4.81. The van der Waals surface area contributed by atoms with Gasteiger partial charge >= 0.3 is 0 Å². The highest BCUT2D eigenvalue weighted by Gasteiger charge is 2.31. The first-order chi connectivity index (χ1) is 19.1. The highest BCUT2D eigenvalue weighted by atomic mass is 35.5. The van der Waals surface area contributed by atoms with Crippen molar-refractivity contribution < 1.29 is 23.1 Å². The highest BCUT2D eigenvalue weighted by molar-refractivity contribution is 7.92. The molecule has 3 aromatic carbocycles. The number of aliphatic hydroxyl groups excluding tert-OH is 1. The van der Waals surface area contributed by atoms with Gasteiger partial charge in [-0.2, -0.15) is 0 Å². The van der Waals surface area contributed by atoms with E-state index in [0.29, 0.717) is 35.1 Å². The van der Waals surface area contributed by atoms with Gasteiger partial charge in [0.25, 0.3) is 10.0 Å². The molecule has 1 amide bonds. The largest absolute Gasteiger partial charge is 0.488 e. The van der Waals surface area contributed by atoms with Crippen LogP contribution in [0.25, 0.3) is 0 Å². The molecule has 8 nitrogen and oxygen atoms in total. The summed E-state index contributed by atoms with van der Waals surface area (Å²) >= 11 is 5.91. The van der Waals surface area contributed by atoms with Gasteiger partial charge < -0.3 is 14.7 Å². The van der Waals surface area contributed by atoms with E-state index in [1.165, 1.54) is 29.8 Å². The van der Waals surface area contributed by atoms with Crippen molar-refractivity contribution in [3.63, 3.8) is 0 Å². The van der Waals surface area contributed by atoms with E-state index < -0.39 is 10.0 Å². The third-order valence-electron chi connectivity index (χ3n) is 7.08. The van der Waals surface area contributed by atoms with Crippen LogP contribution in [0.5, 0.6) is 5.75 Å². The van der Waals surface area contributed by atoms with Gasteiger partial charge in [-0.25, -0.2) is 8.42 Å². The van der Waals surface area contributed by atoms with E-state index in [4.69, 9.17) is 16.3 Å². The first-order valence-corrected chi connectivity index (χ1v) is 15.1. The Labute approximate surface area is 241 Å². The minimum absolute atomic E-state index is 0.00941. The average Bonchev–Trinajstić information content (AvgIpc) is 2.96. The second-order valence-electron chi connectivity index (χ2n) is 10.5. The number of nitrogens with zero attached hydrogens (tertiary/aromatic N) is 2. The summed E-state index contributed by atoms with van der Waals surface area (Å²) in [6.07, 6.45) is -0.251. The summed E-state index contributed by atoms with van der Waals surface area (Å²) in [6.45, 7) is 5.47. The molecule has 10 heteroatoms. The zero-order valence-electron chi connectivity index (χ0n) is 23.0. The number of benzene rings is 3. The number of sulfonamides is 1. The van der Waals surface area contributed by atoms with Gasteiger partial charge in [0.15, 0.2) is 0 Å². The average molecular weight is 586 g/mol. The molecule has 214 valence electrons. The van der Waals surface area contributed by atoms with Crippen molar-refractivity contribution in [3.8, 4) is 5.75 Å². The molecule has 0 unspecified atom stereocenters. The summed E-state index contributed by atoms with van der Waals surface area (Å²) in [4.78, 5) is 17.4.